The SMILES string of the molecule is O=C(NC1CC1)c1cc(N2CCN(c3ccc(F)cc3)CC2)nc2ccccc12. The smallest absolute Gasteiger partial charge is 0.252 e. The molecule has 5 nitrogen and oxygen atoms in total. The van der Waals surface area contributed by atoms with Gasteiger partial charge in [-0.15, -0.1) is 0 Å². The minimum Gasteiger partial charge on any atom is -0.368 e. The number of pyridine rings is 1. The second kappa shape index (κ2) is 7.35. The lowest BCUT2D eigenvalue weighted by Crippen LogP contribution is -2.47. The summed E-state index contributed by atoms with van der Waals surface area (Å²) in [4.78, 5) is 22.1. The quantitative estimate of drug-likeness (QED) is 0.740. The first kappa shape index (κ1) is 17.9. The van der Waals surface area contributed by atoms with Gasteiger partial charge in [-0.2, -0.15) is 0 Å². The van der Waals surface area contributed by atoms with Crippen LogP contribution >= 0.6 is 0 Å². The summed E-state index contributed by atoms with van der Waals surface area (Å²) in [7, 11) is 0. The molecule has 0 atom stereocenters. The van der Waals surface area contributed by atoms with Crippen molar-refractivity contribution in [2.24, 2.45) is 0 Å². The third-order valence-electron chi connectivity index (χ3n) is 5.66. The van der Waals surface area contributed by atoms with Crippen LogP contribution in [0.15, 0.2) is 54.6 Å². The number of hydrogen-bond donors (Lipinski definition) is 1. The van der Waals surface area contributed by atoms with Crippen molar-refractivity contribution >= 4 is 28.3 Å². The molecule has 1 aliphatic carbocycles. The summed E-state index contributed by atoms with van der Waals surface area (Å²) in [6, 6.07) is 16.7. The number of aromatic nitrogens is 1. The number of piperazine rings is 1. The minimum atomic E-state index is -0.218. The highest BCUT2D eigenvalue weighted by atomic mass is 19.1. The standard InChI is InChI=1S/C23H23FN4O/c24-16-5-9-18(10-6-16)27-11-13-28(14-12-27)22-15-20(23(29)25-17-7-8-17)19-3-1-2-4-21(19)26-22/h1-6,9-10,15,17H,7-8,11-14H2,(H,25,29). The number of nitrogens with zero attached hydrogens (tertiary/aromatic N) is 3. The van der Waals surface area contributed by atoms with E-state index >= 15 is 0 Å². The first-order valence-electron chi connectivity index (χ1n) is 10.1. The summed E-state index contributed by atoms with van der Waals surface area (Å²) in [6.07, 6.45) is 2.12. The molecule has 0 bridgehead atoms. The Kier molecular flexibility index (Phi) is 4.54. The van der Waals surface area contributed by atoms with Gasteiger partial charge in [0.1, 0.15) is 11.6 Å². The number of fused-ring (bicyclic) bond motifs is 1. The molecular weight excluding hydrogens is 367 g/mol. The molecule has 1 saturated carbocycles. The Labute approximate surface area is 169 Å². The van der Waals surface area contributed by atoms with Crippen molar-refractivity contribution in [1.29, 1.82) is 0 Å². The van der Waals surface area contributed by atoms with Gasteiger partial charge in [0.2, 0.25) is 0 Å². The zero-order chi connectivity index (χ0) is 19.8. The minimum absolute atomic E-state index is 0.0164. The number of amides is 1. The van der Waals surface area contributed by atoms with Crippen LogP contribution in [-0.2, 0) is 0 Å². The van der Waals surface area contributed by atoms with E-state index in [4.69, 9.17) is 4.98 Å². The molecule has 0 spiro atoms. The number of nitrogens with one attached hydrogen (secondary N) is 1. The molecule has 148 valence electrons. The lowest BCUT2D eigenvalue weighted by molar-refractivity contribution is 0.0952. The van der Waals surface area contributed by atoms with Crippen LogP contribution < -0.4 is 15.1 Å². The van der Waals surface area contributed by atoms with Crippen LogP contribution in [0.2, 0.25) is 0 Å². The van der Waals surface area contributed by atoms with Crippen molar-refractivity contribution in [3.63, 3.8) is 0 Å². The summed E-state index contributed by atoms with van der Waals surface area (Å²) in [5, 5.41) is 3.99. The Morgan fingerprint density at radius 2 is 1.66 bits per heavy atom. The van der Waals surface area contributed by atoms with E-state index in [-0.39, 0.29) is 11.7 Å². The Balaban J connectivity index is 1.39. The van der Waals surface area contributed by atoms with Crippen molar-refractivity contribution < 1.29 is 9.18 Å². The van der Waals surface area contributed by atoms with Gasteiger partial charge in [-0.25, -0.2) is 9.37 Å². The van der Waals surface area contributed by atoms with E-state index in [0.717, 1.165) is 61.4 Å². The normalized spacial score (nSPS) is 16.9. The fourth-order valence-corrected chi connectivity index (χ4v) is 3.85. The highest BCUT2D eigenvalue weighted by Gasteiger charge is 2.26. The fraction of sp³-hybridized carbons (Fsp3) is 0.304. The predicted octanol–water partition coefficient (Wildman–Crippen LogP) is 3.59. The number of para-hydroxylation sites is 1. The fourth-order valence-electron chi connectivity index (χ4n) is 3.85. The first-order valence-corrected chi connectivity index (χ1v) is 10.1. The Bertz CT molecular complexity index is 1040. The molecule has 3 aromatic rings. The number of carbonyl (C=O) groups excluding carboxylic acids is 1. The molecule has 29 heavy (non-hydrogen) atoms. The maximum atomic E-state index is 13.2. The molecule has 0 unspecified atom stereocenters. The van der Waals surface area contributed by atoms with Crippen LogP contribution in [0.25, 0.3) is 10.9 Å². The summed E-state index contributed by atoms with van der Waals surface area (Å²) >= 11 is 0. The van der Waals surface area contributed by atoms with Gasteiger partial charge in [0.15, 0.2) is 0 Å². The van der Waals surface area contributed by atoms with E-state index in [1.54, 1.807) is 0 Å². The van der Waals surface area contributed by atoms with Crippen molar-refractivity contribution in [3.8, 4) is 0 Å². The second-order valence-electron chi connectivity index (χ2n) is 7.74. The van der Waals surface area contributed by atoms with Gasteiger partial charge in [-0.05, 0) is 49.2 Å². The van der Waals surface area contributed by atoms with E-state index in [9.17, 15) is 9.18 Å². The molecule has 2 aliphatic rings. The first-order chi connectivity index (χ1) is 14.2. The Morgan fingerprint density at radius 1 is 0.966 bits per heavy atom. The zero-order valence-corrected chi connectivity index (χ0v) is 16.1. The van der Waals surface area contributed by atoms with Gasteiger partial charge in [0.05, 0.1) is 11.1 Å². The molecule has 6 heteroatoms. The number of carbonyl (C=O) groups is 1. The van der Waals surface area contributed by atoms with E-state index in [1.807, 2.05) is 42.5 Å². The van der Waals surface area contributed by atoms with Crippen LogP contribution in [0, 0.1) is 5.82 Å². The molecule has 2 heterocycles. The van der Waals surface area contributed by atoms with E-state index in [0.29, 0.717) is 11.6 Å². The molecule has 0 radical (unpaired) electrons. The van der Waals surface area contributed by atoms with Gasteiger partial charge in [-0.3, -0.25) is 4.79 Å². The van der Waals surface area contributed by atoms with Crippen molar-refractivity contribution in [1.82, 2.24) is 10.3 Å². The average Bonchev–Trinajstić information content (AvgIpc) is 3.57. The topological polar surface area (TPSA) is 48.5 Å². The summed E-state index contributed by atoms with van der Waals surface area (Å²) in [5.41, 5.74) is 2.56. The van der Waals surface area contributed by atoms with E-state index in [2.05, 4.69) is 15.1 Å². The van der Waals surface area contributed by atoms with Crippen LogP contribution in [-0.4, -0.2) is 43.1 Å². The van der Waals surface area contributed by atoms with Crippen LogP contribution in [0.4, 0.5) is 15.9 Å². The molecule has 2 fully saturated rings. The molecule has 1 aromatic heterocycles. The van der Waals surface area contributed by atoms with E-state index < -0.39 is 0 Å². The maximum Gasteiger partial charge on any atom is 0.252 e. The summed E-state index contributed by atoms with van der Waals surface area (Å²) < 4.78 is 13.2. The second-order valence-corrected chi connectivity index (χ2v) is 7.74. The molecule has 2 aromatic carbocycles. The highest BCUT2D eigenvalue weighted by molar-refractivity contribution is 6.07. The average molecular weight is 390 g/mol. The molecule has 1 saturated heterocycles. The lowest BCUT2D eigenvalue weighted by atomic mass is 10.1. The lowest BCUT2D eigenvalue weighted by Gasteiger charge is -2.37. The van der Waals surface area contributed by atoms with Crippen molar-refractivity contribution in [2.75, 3.05) is 36.0 Å². The predicted molar refractivity (Wildman–Crippen MR) is 113 cm³/mol. The van der Waals surface area contributed by atoms with Crippen molar-refractivity contribution in [3.05, 3.63) is 66.0 Å². The molecular formula is C23H23FN4O. The number of hydrogen-bond acceptors (Lipinski definition) is 4. The number of anilines is 2. The van der Waals surface area contributed by atoms with Gasteiger partial charge < -0.3 is 15.1 Å². The third-order valence-corrected chi connectivity index (χ3v) is 5.66. The van der Waals surface area contributed by atoms with Crippen LogP contribution in [0.3, 0.4) is 0 Å². The van der Waals surface area contributed by atoms with Gasteiger partial charge in [0.25, 0.3) is 5.91 Å². The van der Waals surface area contributed by atoms with Crippen molar-refractivity contribution in [2.45, 2.75) is 18.9 Å². The van der Waals surface area contributed by atoms with E-state index in [1.165, 1.54) is 12.1 Å². The number of rotatable bonds is 4. The molecule has 1 aliphatic heterocycles. The Hall–Kier alpha value is -3.15. The number of halogens is 1. The monoisotopic (exact) mass is 390 g/mol. The van der Waals surface area contributed by atoms with Crippen LogP contribution in [0.5, 0.6) is 0 Å². The summed E-state index contributed by atoms with van der Waals surface area (Å²) in [6.45, 7) is 3.24. The highest BCUT2D eigenvalue weighted by Crippen LogP contribution is 2.26. The van der Waals surface area contributed by atoms with Crippen LogP contribution in [0.1, 0.15) is 23.2 Å². The Morgan fingerprint density at radius 3 is 2.38 bits per heavy atom. The molecule has 1 N–H and O–H groups in total. The largest absolute Gasteiger partial charge is 0.368 e. The summed E-state index contributed by atoms with van der Waals surface area (Å²) in [5.74, 6) is 0.602. The zero-order valence-electron chi connectivity index (χ0n) is 16.1. The molecule has 5 rings (SSSR count). The van der Waals surface area contributed by atoms with Gasteiger partial charge in [-0.1, -0.05) is 18.2 Å². The van der Waals surface area contributed by atoms with Gasteiger partial charge in [0, 0.05) is 43.3 Å². The van der Waals surface area contributed by atoms with Gasteiger partial charge >= 0.3 is 0 Å². The maximum absolute atomic E-state index is 13.2. The molecule has 1 amide bonds. The third kappa shape index (κ3) is 3.75. The number of benzene rings is 2.